The van der Waals surface area contributed by atoms with Crippen LogP contribution in [0.2, 0.25) is 0 Å². The summed E-state index contributed by atoms with van der Waals surface area (Å²) in [5.41, 5.74) is 6.38. The third kappa shape index (κ3) is 3.77. The van der Waals surface area contributed by atoms with E-state index in [0.29, 0.717) is 40.9 Å². The Bertz CT molecular complexity index is 1500. The van der Waals surface area contributed by atoms with Crippen LogP contribution in [0.3, 0.4) is 0 Å². The Labute approximate surface area is 200 Å². The van der Waals surface area contributed by atoms with Crippen molar-refractivity contribution in [3.8, 4) is 11.3 Å². The van der Waals surface area contributed by atoms with E-state index in [0.717, 1.165) is 42.1 Å². The molecule has 4 aromatic rings. The van der Waals surface area contributed by atoms with E-state index >= 15 is 0 Å². The Morgan fingerprint density at radius 1 is 1.03 bits per heavy atom. The highest BCUT2D eigenvalue weighted by molar-refractivity contribution is 5.78. The van der Waals surface area contributed by atoms with Crippen LogP contribution in [0.5, 0.6) is 0 Å². The molecule has 3 heterocycles. The monoisotopic (exact) mass is 475 g/mol. The molecule has 2 aliphatic carbocycles. The van der Waals surface area contributed by atoms with Gasteiger partial charge in [-0.25, -0.2) is 18.2 Å². The lowest BCUT2D eigenvalue weighted by atomic mass is 9.88. The smallest absolute Gasteiger partial charge is 0.161 e. The fourth-order valence-electron chi connectivity index (χ4n) is 5.28. The van der Waals surface area contributed by atoms with Gasteiger partial charge in [-0.1, -0.05) is 19.4 Å². The van der Waals surface area contributed by atoms with E-state index in [1.807, 2.05) is 12.3 Å². The third-order valence-corrected chi connectivity index (χ3v) is 7.02. The first-order valence-corrected chi connectivity index (χ1v) is 11.8. The van der Waals surface area contributed by atoms with Crippen molar-refractivity contribution in [1.82, 2.24) is 19.6 Å². The molecule has 0 amide bonds. The number of rotatable bonds is 4. The molecule has 1 atom stereocenters. The number of pyridine rings is 1. The van der Waals surface area contributed by atoms with Crippen molar-refractivity contribution < 1.29 is 13.2 Å². The van der Waals surface area contributed by atoms with Crippen LogP contribution in [0, 0.1) is 17.5 Å². The highest BCUT2D eigenvalue weighted by Crippen LogP contribution is 2.43. The molecule has 0 fully saturated rings. The van der Waals surface area contributed by atoms with Gasteiger partial charge in [0.1, 0.15) is 23.3 Å². The van der Waals surface area contributed by atoms with Gasteiger partial charge in [0.05, 0.1) is 18.1 Å². The Morgan fingerprint density at radius 3 is 2.69 bits per heavy atom. The summed E-state index contributed by atoms with van der Waals surface area (Å²) in [6.07, 6.45) is 7.45. The molecule has 6 rings (SSSR count). The van der Waals surface area contributed by atoms with Crippen LogP contribution in [0.1, 0.15) is 55.7 Å². The van der Waals surface area contributed by atoms with E-state index in [9.17, 15) is 13.2 Å². The molecule has 0 saturated heterocycles. The molecule has 178 valence electrons. The van der Waals surface area contributed by atoms with Crippen molar-refractivity contribution in [3.05, 3.63) is 82.6 Å². The van der Waals surface area contributed by atoms with Crippen LogP contribution < -0.4 is 5.32 Å². The van der Waals surface area contributed by atoms with Crippen molar-refractivity contribution in [2.24, 2.45) is 0 Å². The van der Waals surface area contributed by atoms with E-state index in [1.54, 1.807) is 10.7 Å². The predicted octanol–water partition coefficient (Wildman–Crippen LogP) is 6.31. The van der Waals surface area contributed by atoms with Crippen molar-refractivity contribution in [2.75, 3.05) is 5.32 Å². The van der Waals surface area contributed by atoms with E-state index in [2.05, 4.69) is 29.2 Å². The van der Waals surface area contributed by atoms with Crippen LogP contribution in [-0.2, 0) is 6.42 Å². The minimum atomic E-state index is -0.549. The minimum absolute atomic E-state index is 0.0433. The normalized spacial score (nSPS) is 17.3. The van der Waals surface area contributed by atoms with Crippen LogP contribution in [0.25, 0.3) is 22.5 Å². The van der Waals surface area contributed by atoms with Gasteiger partial charge < -0.3 is 5.32 Å². The molecule has 1 aromatic carbocycles. The highest BCUT2D eigenvalue weighted by Gasteiger charge is 2.31. The molecule has 8 heteroatoms. The fourth-order valence-corrected chi connectivity index (χ4v) is 5.28. The van der Waals surface area contributed by atoms with Gasteiger partial charge in [-0.15, -0.1) is 0 Å². The van der Waals surface area contributed by atoms with Gasteiger partial charge in [-0.3, -0.25) is 4.98 Å². The first-order valence-electron chi connectivity index (χ1n) is 11.8. The lowest BCUT2D eigenvalue weighted by Gasteiger charge is -2.26. The zero-order valence-corrected chi connectivity index (χ0v) is 19.4. The average molecular weight is 476 g/mol. The number of allylic oxidation sites excluding steroid dienone is 1. The van der Waals surface area contributed by atoms with Gasteiger partial charge in [-0.05, 0) is 60.4 Å². The van der Waals surface area contributed by atoms with Crippen LogP contribution >= 0.6 is 0 Å². The average Bonchev–Trinajstić information content (AvgIpc) is 3.41. The quantitative estimate of drug-likeness (QED) is 0.376. The van der Waals surface area contributed by atoms with E-state index in [4.69, 9.17) is 4.98 Å². The fraction of sp³-hybridized carbons (Fsp3) is 0.296. The lowest BCUT2D eigenvalue weighted by molar-refractivity contribution is 0.574. The third-order valence-electron chi connectivity index (χ3n) is 7.02. The standard InChI is InChI=1S/C27H24F3N5/c1-14(2)23-13-32-35-26(10-25(34-27(23)35)16-5-18(29)12-31-11-16)33-19-4-3-15-6-22-21(20(15)9-19)7-17(28)8-24(22)30/h5,7-8,10-14,19,33H,3-4,6,9H2,1-2H3/t19-/m0/s1. The zero-order chi connectivity index (χ0) is 24.3. The second-order valence-electron chi connectivity index (χ2n) is 9.67. The predicted molar refractivity (Wildman–Crippen MR) is 129 cm³/mol. The largest absolute Gasteiger partial charge is 0.367 e. The summed E-state index contributed by atoms with van der Waals surface area (Å²) < 4.78 is 44.0. The summed E-state index contributed by atoms with van der Waals surface area (Å²) in [5.74, 6) is -0.509. The van der Waals surface area contributed by atoms with E-state index < -0.39 is 17.5 Å². The second-order valence-corrected chi connectivity index (χ2v) is 9.67. The number of aromatic nitrogens is 4. The number of halogens is 3. The summed E-state index contributed by atoms with van der Waals surface area (Å²) in [6.45, 7) is 4.15. The SMILES string of the molecule is CC(C)c1cnn2c(N[C@H]3CCC4=C(C3)c3cc(F)cc(F)c3C4)cc(-c3cncc(F)c3)nc12. The maximum absolute atomic E-state index is 14.4. The van der Waals surface area contributed by atoms with Gasteiger partial charge in [-0.2, -0.15) is 9.61 Å². The zero-order valence-electron chi connectivity index (χ0n) is 19.4. The molecular weight excluding hydrogens is 451 g/mol. The molecule has 0 radical (unpaired) electrons. The van der Waals surface area contributed by atoms with E-state index in [1.165, 1.54) is 17.7 Å². The van der Waals surface area contributed by atoms with Gasteiger partial charge in [0.25, 0.3) is 0 Å². The first kappa shape index (κ1) is 21.8. The molecule has 0 bridgehead atoms. The van der Waals surface area contributed by atoms with Crippen LogP contribution in [0.15, 0.2) is 48.4 Å². The molecule has 0 saturated carbocycles. The lowest BCUT2D eigenvalue weighted by Crippen LogP contribution is -2.24. The summed E-state index contributed by atoms with van der Waals surface area (Å²) in [5, 5.41) is 8.17. The molecule has 35 heavy (non-hydrogen) atoms. The van der Waals surface area contributed by atoms with Crippen LogP contribution in [0.4, 0.5) is 19.0 Å². The number of nitrogens with zero attached hydrogens (tertiary/aromatic N) is 4. The second kappa shape index (κ2) is 8.22. The molecule has 1 N–H and O–H groups in total. The summed E-state index contributed by atoms with van der Waals surface area (Å²) in [6, 6.07) is 5.73. The first-order chi connectivity index (χ1) is 16.9. The summed E-state index contributed by atoms with van der Waals surface area (Å²) >= 11 is 0. The number of hydrogen-bond donors (Lipinski definition) is 1. The van der Waals surface area contributed by atoms with Crippen molar-refractivity contribution >= 4 is 17.0 Å². The highest BCUT2D eigenvalue weighted by atomic mass is 19.1. The Morgan fingerprint density at radius 2 is 1.89 bits per heavy atom. The van der Waals surface area contributed by atoms with Crippen molar-refractivity contribution in [1.29, 1.82) is 0 Å². The topological polar surface area (TPSA) is 55.1 Å². The molecular formula is C27H24F3N5. The number of nitrogens with one attached hydrogen (secondary N) is 1. The molecule has 0 unspecified atom stereocenters. The van der Waals surface area contributed by atoms with Crippen LogP contribution in [-0.4, -0.2) is 25.6 Å². The number of anilines is 1. The minimum Gasteiger partial charge on any atom is -0.367 e. The van der Waals surface area contributed by atoms with Gasteiger partial charge >= 0.3 is 0 Å². The van der Waals surface area contributed by atoms with Crippen molar-refractivity contribution in [2.45, 2.75) is 51.5 Å². The Kier molecular flexibility index (Phi) is 5.12. The molecule has 0 spiro atoms. The summed E-state index contributed by atoms with van der Waals surface area (Å²) in [7, 11) is 0. The molecule has 5 nitrogen and oxygen atoms in total. The maximum Gasteiger partial charge on any atom is 0.161 e. The van der Waals surface area contributed by atoms with Gasteiger partial charge in [0.15, 0.2) is 5.65 Å². The molecule has 3 aromatic heterocycles. The van der Waals surface area contributed by atoms with Gasteiger partial charge in [0.2, 0.25) is 0 Å². The van der Waals surface area contributed by atoms with Gasteiger partial charge in [0, 0.05) is 35.5 Å². The Hall–Kier alpha value is -3.68. The van der Waals surface area contributed by atoms with Crippen molar-refractivity contribution in [3.63, 3.8) is 0 Å². The number of benzene rings is 1. The molecule has 2 aliphatic rings. The Balaban J connectivity index is 1.38. The number of fused-ring (bicyclic) bond motifs is 3. The molecule has 0 aliphatic heterocycles. The summed E-state index contributed by atoms with van der Waals surface area (Å²) in [4.78, 5) is 8.76. The number of hydrogen-bond acceptors (Lipinski definition) is 4. The van der Waals surface area contributed by atoms with E-state index in [-0.39, 0.29) is 12.0 Å². The maximum atomic E-state index is 14.4.